The molecule has 0 saturated carbocycles. The molecule has 0 fully saturated rings. The zero-order valence-electron chi connectivity index (χ0n) is 9.83. The summed E-state index contributed by atoms with van der Waals surface area (Å²) in [4.78, 5) is 22.9. The Hall–Kier alpha value is -2.82. The van der Waals surface area contributed by atoms with Gasteiger partial charge in [-0.3, -0.25) is 4.79 Å². The largest absolute Gasteiger partial charge is 0.508 e. The number of hydrogen-bond acceptors (Lipinski definition) is 3. The van der Waals surface area contributed by atoms with Gasteiger partial charge in [0.05, 0.1) is 11.3 Å². The fourth-order valence-corrected chi connectivity index (χ4v) is 1.60. The highest BCUT2D eigenvalue weighted by molar-refractivity contribution is 6.07. The molecule has 0 aliphatic carbocycles. The number of carboxylic acid groups (broad SMARTS) is 1. The van der Waals surface area contributed by atoms with Crippen molar-refractivity contribution in [2.45, 2.75) is 0 Å². The summed E-state index contributed by atoms with van der Waals surface area (Å²) in [6.07, 6.45) is 0. The predicted octanol–water partition coefficient (Wildman–Crippen LogP) is 2.34. The number of carboxylic acids is 1. The van der Waals surface area contributed by atoms with Gasteiger partial charge in [0, 0.05) is 5.56 Å². The first-order valence-corrected chi connectivity index (χ1v) is 5.50. The molecule has 0 aliphatic heterocycles. The van der Waals surface area contributed by atoms with Gasteiger partial charge in [-0.15, -0.1) is 0 Å². The smallest absolute Gasteiger partial charge is 0.337 e. The maximum absolute atomic E-state index is 11.9. The molecule has 19 heavy (non-hydrogen) atoms. The second-order valence-electron chi connectivity index (χ2n) is 3.86. The van der Waals surface area contributed by atoms with Gasteiger partial charge in [0.1, 0.15) is 5.75 Å². The van der Waals surface area contributed by atoms with Gasteiger partial charge in [0.2, 0.25) is 0 Å². The molecule has 0 aliphatic rings. The molecule has 0 heterocycles. The third kappa shape index (κ3) is 2.90. The maximum Gasteiger partial charge on any atom is 0.337 e. The Morgan fingerprint density at radius 2 is 1.68 bits per heavy atom. The van der Waals surface area contributed by atoms with E-state index in [1.54, 1.807) is 30.3 Å². The minimum atomic E-state index is -1.22. The van der Waals surface area contributed by atoms with Gasteiger partial charge in [-0.25, -0.2) is 4.79 Å². The van der Waals surface area contributed by atoms with Crippen molar-refractivity contribution in [1.29, 1.82) is 0 Å². The van der Waals surface area contributed by atoms with Crippen LogP contribution >= 0.6 is 0 Å². The minimum Gasteiger partial charge on any atom is -0.508 e. The zero-order valence-corrected chi connectivity index (χ0v) is 9.83. The molecule has 2 rings (SSSR count). The SMILES string of the molecule is O=C(Nc1ccc(O)cc1C(=O)O)c1ccccc1. The number of nitrogens with one attached hydrogen (secondary N) is 1. The molecule has 0 bridgehead atoms. The van der Waals surface area contributed by atoms with Gasteiger partial charge < -0.3 is 15.5 Å². The van der Waals surface area contributed by atoms with E-state index < -0.39 is 11.9 Å². The fraction of sp³-hybridized carbons (Fsp3) is 0. The molecule has 0 unspecified atom stereocenters. The molecule has 0 radical (unpaired) electrons. The number of phenolic OH excluding ortho intramolecular Hbond substituents is 1. The molecular formula is C14H11NO4. The molecule has 0 atom stereocenters. The molecule has 96 valence electrons. The van der Waals surface area contributed by atoms with Crippen LogP contribution in [0.25, 0.3) is 0 Å². The van der Waals surface area contributed by atoms with Crippen molar-refractivity contribution in [2.24, 2.45) is 0 Å². The van der Waals surface area contributed by atoms with Crippen molar-refractivity contribution >= 4 is 17.6 Å². The van der Waals surface area contributed by atoms with Crippen LogP contribution in [0.5, 0.6) is 5.75 Å². The number of aromatic carboxylic acids is 1. The predicted molar refractivity (Wildman–Crippen MR) is 69.5 cm³/mol. The first-order chi connectivity index (χ1) is 9.08. The van der Waals surface area contributed by atoms with Crippen molar-refractivity contribution < 1.29 is 19.8 Å². The summed E-state index contributed by atoms with van der Waals surface area (Å²) >= 11 is 0. The lowest BCUT2D eigenvalue weighted by Gasteiger charge is -2.08. The summed E-state index contributed by atoms with van der Waals surface area (Å²) in [5.74, 6) is -1.80. The van der Waals surface area contributed by atoms with Gasteiger partial charge in [0.15, 0.2) is 0 Å². The number of anilines is 1. The lowest BCUT2D eigenvalue weighted by molar-refractivity contribution is 0.0697. The number of carbonyl (C=O) groups is 2. The number of amides is 1. The van der Waals surface area contributed by atoms with Gasteiger partial charge in [0.25, 0.3) is 5.91 Å². The molecule has 5 heteroatoms. The summed E-state index contributed by atoms with van der Waals surface area (Å²) < 4.78 is 0. The van der Waals surface area contributed by atoms with Gasteiger partial charge in [-0.05, 0) is 30.3 Å². The molecule has 0 spiro atoms. The van der Waals surface area contributed by atoms with Gasteiger partial charge in [-0.2, -0.15) is 0 Å². The van der Waals surface area contributed by atoms with Crippen LogP contribution in [0.15, 0.2) is 48.5 Å². The van der Waals surface area contributed by atoms with E-state index in [-0.39, 0.29) is 17.0 Å². The van der Waals surface area contributed by atoms with Crippen molar-refractivity contribution in [2.75, 3.05) is 5.32 Å². The summed E-state index contributed by atoms with van der Waals surface area (Å²) in [5, 5.41) is 20.8. The number of benzene rings is 2. The first-order valence-electron chi connectivity index (χ1n) is 5.50. The number of aromatic hydroxyl groups is 1. The van der Waals surface area contributed by atoms with Crippen LogP contribution in [0, 0.1) is 0 Å². The lowest BCUT2D eigenvalue weighted by atomic mass is 10.1. The van der Waals surface area contributed by atoms with Crippen LogP contribution in [-0.2, 0) is 0 Å². The second-order valence-corrected chi connectivity index (χ2v) is 3.86. The van der Waals surface area contributed by atoms with Crippen LogP contribution in [0.4, 0.5) is 5.69 Å². The third-order valence-corrected chi connectivity index (χ3v) is 2.52. The standard InChI is InChI=1S/C14H11NO4/c16-10-6-7-12(11(8-10)14(18)19)15-13(17)9-4-2-1-3-5-9/h1-8,16H,(H,15,17)(H,18,19). The van der Waals surface area contributed by atoms with Crippen LogP contribution in [-0.4, -0.2) is 22.1 Å². The molecule has 3 N–H and O–H groups in total. The Morgan fingerprint density at radius 1 is 1.00 bits per heavy atom. The van der Waals surface area contributed by atoms with E-state index in [1.165, 1.54) is 12.1 Å². The Bertz CT molecular complexity index is 623. The zero-order chi connectivity index (χ0) is 13.8. The summed E-state index contributed by atoms with van der Waals surface area (Å²) in [5.41, 5.74) is 0.398. The Morgan fingerprint density at radius 3 is 2.32 bits per heavy atom. The van der Waals surface area contributed by atoms with E-state index in [4.69, 9.17) is 5.11 Å². The summed E-state index contributed by atoms with van der Waals surface area (Å²) in [7, 11) is 0. The fourth-order valence-electron chi connectivity index (χ4n) is 1.60. The number of phenols is 1. The minimum absolute atomic E-state index is 0.138. The van der Waals surface area contributed by atoms with Crippen LogP contribution in [0.1, 0.15) is 20.7 Å². The van der Waals surface area contributed by atoms with Crippen molar-refractivity contribution in [3.8, 4) is 5.75 Å². The Labute approximate surface area is 109 Å². The van der Waals surface area contributed by atoms with E-state index >= 15 is 0 Å². The molecule has 2 aromatic carbocycles. The third-order valence-electron chi connectivity index (χ3n) is 2.52. The highest BCUT2D eigenvalue weighted by Crippen LogP contribution is 2.21. The topological polar surface area (TPSA) is 86.6 Å². The number of carbonyl (C=O) groups excluding carboxylic acids is 1. The van der Waals surface area contributed by atoms with Gasteiger partial charge >= 0.3 is 5.97 Å². The Balaban J connectivity index is 2.29. The van der Waals surface area contributed by atoms with E-state index in [1.807, 2.05) is 0 Å². The Kier molecular flexibility index (Phi) is 3.47. The molecule has 5 nitrogen and oxygen atoms in total. The molecule has 2 aromatic rings. The average molecular weight is 257 g/mol. The summed E-state index contributed by atoms with van der Waals surface area (Å²) in [6.45, 7) is 0. The molecule has 1 amide bonds. The monoisotopic (exact) mass is 257 g/mol. The number of hydrogen-bond donors (Lipinski definition) is 3. The van der Waals surface area contributed by atoms with E-state index in [9.17, 15) is 14.7 Å². The van der Waals surface area contributed by atoms with Crippen LogP contribution < -0.4 is 5.32 Å². The van der Waals surface area contributed by atoms with Crippen LogP contribution in [0.3, 0.4) is 0 Å². The summed E-state index contributed by atoms with van der Waals surface area (Å²) in [6, 6.07) is 12.2. The van der Waals surface area contributed by atoms with Crippen molar-refractivity contribution in [3.63, 3.8) is 0 Å². The quantitative estimate of drug-likeness (QED) is 0.736. The highest BCUT2D eigenvalue weighted by Gasteiger charge is 2.14. The van der Waals surface area contributed by atoms with Crippen molar-refractivity contribution in [3.05, 3.63) is 59.7 Å². The number of rotatable bonds is 3. The van der Waals surface area contributed by atoms with Gasteiger partial charge in [-0.1, -0.05) is 18.2 Å². The average Bonchev–Trinajstić information content (AvgIpc) is 2.41. The van der Waals surface area contributed by atoms with E-state index in [0.717, 1.165) is 6.07 Å². The molecule has 0 aromatic heterocycles. The van der Waals surface area contributed by atoms with Crippen LogP contribution in [0.2, 0.25) is 0 Å². The second kappa shape index (κ2) is 5.22. The van der Waals surface area contributed by atoms with E-state index in [2.05, 4.69) is 5.32 Å². The first kappa shape index (κ1) is 12.6. The molecule has 0 saturated heterocycles. The van der Waals surface area contributed by atoms with E-state index in [0.29, 0.717) is 5.56 Å². The maximum atomic E-state index is 11.9. The van der Waals surface area contributed by atoms with Crippen molar-refractivity contribution in [1.82, 2.24) is 0 Å². The highest BCUT2D eigenvalue weighted by atomic mass is 16.4. The normalized spacial score (nSPS) is 9.89. The molecular weight excluding hydrogens is 246 g/mol. The lowest BCUT2D eigenvalue weighted by Crippen LogP contribution is -2.14.